The number of nitrogens with zero attached hydrogens (tertiary/aromatic N) is 2. The van der Waals surface area contributed by atoms with Crippen LogP contribution in [0.5, 0.6) is 0 Å². The third-order valence-electron chi connectivity index (χ3n) is 3.23. The number of benzene rings is 2. The molecule has 0 saturated heterocycles. The van der Waals surface area contributed by atoms with Gasteiger partial charge in [0.2, 0.25) is 5.95 Å². The highest BCUT2D eigenvalue weighted by atomic mass is 35.5. The molecule has 0 amide bonds. The van der Waals surface area contributed by atoms with Crippen LogP contribution in [0.1, 0.15) is 0 Å². The summed E-state index contributed by atoms with van der Waals surface area (Å²) in [5.74, 6) is 0.468. The Labute approximate surface area is 159 Å². The normalized spacial score (nSPS) is 10.7. The fourth-order valence-corrected chi connectivity index (χ4v) is 3.24. The lowest BCUT2D eigenvalue weighted by Gasteiger charge is -2.11. The van der Waals surface area contributed by atoms with Crippen LogP contribution in [0.4, 0.5) is 11.6 Å². The van der Waals surface area contributed by atoms with E-state index in [0.29, 0.717) is 32.3 Å². The molecule has 3 aromatic rings. The Kier molecular flexibility index (Phi) is 5.51. The third kappa shape index (κ3) is 3.95. The van der Waals surface area contributed by atoms with Crippen molar-refractivity contribution in [2.45, 2.75) is 5.03 Å². The van der Waals surface area contributed by atoms with Gasteiger partial charge in [-0.3, -0.25) is 0 Å². The maximum atomic E-state index is 6.30. The van der Waals surface area contributed by atoms with E-state index in [1.807, 2.05) is 24.5 Å². The van der Waals surface area contributed by atoms with Gasteiger partial charge in [-0.1, -0.05) is 40.9 Å². The van der Waals surface area contributed by atoms with Crippen LogP contribution >= 0.6 is 46.6 Å². The largest absolute Gasteiger partial charge is 0.324 e. The van der Waals surface area contributed by atoms with Gasteiger partial charge in [0.1, 0.15) is 5.03 Å². The Bertz CT molecular complexity index is 849. The second-order valence-corrected chi connectivity index (χ2v) is 6.93. The van der Waals surface area contributed by atoms with E-state index < -0.39 is 0 Å². The van der Waals surface area contributed by atoms with Gasteiger partial charge in [0.25, 0.3) is 0 Å². The molecular weight excluding hydrogens is 385 g/mol. The van der Waals surface area contributed by atoms with Crippen LogP contribution in [0.15, 0.2) is 53.6 Å². The fraction of sp³-hybridized carbons (Fsp3) is 0.0588. The highest BCUT2D eigenvalue weighted by Gasteiger charge is 2.13. The molecule has 0 spiro atoms. The number of rotatable bonds is 4. The van der Waals surface area contributed by atoms with Gasteiger partial charge in [-0.25, -0.2) is 9.97 Å². The van der Waals surface area contributed by atoms with Gasteiger partial charge in [0, 0.05) is 16.3 Å². The maximum Gasteiger partial charge on any atom is 0.228 e. The fourth-order valence-electron chi connectivity index (χ4n) is 2.12. The van der Waals surface area contributed by atoms with Crippen LogP contribution in [0.25, 0.3) is 11.3 Å². The molecule has 1 heterocycles. The van der Waals surface area contributed by atoms with Gasteiger partial charge in [-0.05, 0) is 48.7 Å². The van der Waals surface area contributed by atoms with Crippen molar-refractivity contribution in [3.63, 3.8) is 0 Å². The van der Waals surface area contributed by atoms with E-state index in [9.17, 15) is 0 Å². The second kappa shape index (κ2) is 7.62. The first-order chi connectivity index (χ1) is 11.6. The van der Waals surface area contributed by atoms with E-state index in [1.165, 1.54) is 11.8 Å². The van der Waals surface area contributed by atoms with Gasteiger partial charge < -0.3 is 5.32 Å². The monoisotopic (exact) mass is 395 g/mol. The van der Waals surface area contributed by atoms with E-state index >= 15 is 0 Å². The molecule has 3 rings (SSSR count). The van der Waals surface area contributed by atoms with Crippen molar-refractivity contribution in [2.24, 2.45) is 0 Å². The first-order valence-corrected chi connectivity index (χ1v) is 9.33. The Morgan fingerprint density at radius 2 is 1.58 bits per heavy atom. The summed E-state index contributed by atoms with van der Waals surface area (Å²) in [5, 5.41) is 5.75. The molecule has 3 nitrogen and oxygen atoms in total. The number of anilines is 2. The molecule has 7 heteroatoms. The van der Waals surface area contributed by atoms with E-state index in [-0.39, 0.29) is 0 Å². The van der Waals surface area contributed by atoms with Crippen LogP contribution in [0.2, 0.25) is 15.1 Å². The third-order valence-corrected chi connectivity index (χ3v) is 4.74. The summed E-state index contributed by atoms with van der Waals surface area (Å²) in [5.41, 5.74) is 2.20. The molecule has 0 fully saturated rings. The number of thioether (sulfide) groups is 1. The first kappa shape index (κ1) is 17.4. The molecule has 1 aromatic heterocycles. The van der Waals surface area contributed by atoms with Gasteiger partial charge in [0.15, 0.2) is 0 Å². The molecule has 122 valence electrons. The predicted octanol–water partition coefficient (Wildman–Crippen LogP) is 6.57. The Morgan fingerprint density at radius 3 is 2.21 bits per heavy atom. The van der Waals surface area contributed by atoms with Gasteiger partial charge in [0.05, 0.1) is 15.7 Å². The molecule has 0 aliphatic carbocycles. The summed E-state index contributed by atoms with van der Waals surface area (Å²) in [7, 11) is 0. The quantitative estimate of drug-likeness (QED) is 0.400. The average molecular weight is 397 g/mol. The minimum atomic E-state index is 0.468. The summed E-state index contributed by atoms with van der Waals surface area (Å²) in [6.45, 7) is 0. The van der Waals surface area contributed by atoms with Crippen LogP contribution < -0.4 is 5.32 Å². The number of nitrogens with one attached hydrogen (secondary N) is 1. The smallest absolute Gasteiger partial charge is 0.228 e. The zero-order chi connectivity index (χ0) is 17.1. The van der Waals surface area contributed by atoms with Crippen LogP contribution in [-0.2, 0) is 0 Å². The molecular formula is C17H12Cl3N3S. The van der Waals surface area contributed by atoms with Crippen molar-refractivity contribution in [1.29, 1.82) is 0 Å². The summed E-state index contributed by atoms with van der Waals surface area (Å²) in [6, 6.07) is 14.6. The first-order valence-electron chi connectivity index (χ1n) is 6.97. The van der Waals surface area contributed by atoms with E-state index in [4.69, 9.17) is 34.8 Å². The minimum Gasteiger partial charge on any atom is -0.324 e. The van der Waals surface area contributed by atoms with Crippen LogP contribution in [0, 0.1) is 0 Å². The van der Waals surface area contributed by atoms with Crippen LogP contribution in [-0.4, -0.2) is 16.2 Å². The molecule has 2 aromatic carbocycles. The predicted molar refractivity (Wildman–Crippen MR) is 104 cm³/mol. The lowest BCUT2D eigenvalue weighted by Crippen LogP contribution is -2.00. The van der Waals surface area contributed by atoms with E-state index in [0.717, 1.165) is 10.7 Å². The maximum absolute atomic E-state index is 6.30. The zero-order valence-electron chi connectivity index (χ0n) is 12.6. The number of hydrogen-bond acceptors (Lipinski definition) is 4. The van der Waals surface area contributed by atoms with Crippen molar-refractivity contribution in [3.8, 4) is 11.3 Å². The number of halogens is 3. The molecule has 0 saturated carbocycles. The highest BCUT2D eigenvalue weighted by Crippen LogP contribution is 2.35. The topological polar surface area (TPSA) is 37.8 Å². The highest BCUT2D eigenvalue weighted by molar-refractivity contribution is 7.98. The molecule has 0 atom stereocenters. The van der Waals surface area contributed by atoms with Crippen molar-refractivity contribution < 1.29 is 0 Å². The van der Waals surface area contributed by atoms with Crippen molar-refractivity contribution >= 4 is 58.2 Å². The molecule has 0 bridgehead atoms. The molecule has 1 N–H and O–H groups in total. The van der Waals surface area contributed by atoms with Gasteiger partial charge in [-0.15, -0.1) is 11.8 Å². The molecule has 24 heavy (non-hydrogen) atoms. The number of aromatic nitrogens is 2. The Morgan fingerprint density at radius 1 is 0.917 bits per heavy atom. The molecule has 0 aliphatic rings. The Hall–Kier alpha value is -1.46. The zero-order valence-corrected chi connectivity index (χ0v) is 15.6. The summed E-state index contributed by atoms with van der Waals surface area (Å²) in [6.07, 6.45) is 1.95. The van der Waals surface area contributed by atoms with E-state index in [1.54, 1.807) is 30.3 Å². The van der Waals surface area contributed by atoms with Gasteiger partial charge in [-0.2, -0.15) is 0 Å². The standard InChI is InChI=1S/C17H12Cl3N3S/c1-24-15-9-14(16-12(19)3-2-4-13(16)20)22-17(23-15)21-11-7-5-10(18)6-8-11/h2-9H,1H3,(H,21,22,23). The lowest BCUT2D eigenvalue weighted by molar-refractivity contribution is 1.06. The minimum absolute atomic E-state index is 0.468. The molecule has 0 radical (unpaired) electrons. The van der Waals surface area contributed by atoms with Crippen molar-refractivity contribution in [3.05, 3.63) is 63.6 Å². The summed E-state index contributed by atoms with van der Waals surface area (Å²) in [4.78, 5) is 9.03. The Balaban J connectivity index is 2.04. The molecule has 0 aliphatic heterocycles. The number of hydrogen-bond donors (Lipinski definition) is 1. The van der Waals surface area contributed by atoms with Crippen molar-refractivity contribution in [1.82, 2.24) is 9.97 Å². The summed E-state index contributed by atoms with van der Waals surface area (Å²) >= 11 is 20.0. The second-order valence-electron chi connectivity index (χ2n) is 4.85. The summed E-state index contributed by atoms with van der Waals surface area (Å²) < 4.78 is 0. The lowest BCUT2D eigenvalue weighted by atomic mass is 10.1. The van der Waals surface area contributed by atoms with Gasteiger partial charge >= 0.3 is 0 Å². The van der Waals surface area contributed by atoms with E-state index in [2.05, 4.69) is 15.3 Å². The van der Waals surface area contributed by atoms with Crippen molar-refractivity contribution in [2.75, 3.05) is 11.6 Å². The SMILES string of the molecule is CSc1cc(-c2c(Cl)cccc2Cl)nc(Nc2ccc(Cl)cc2)n1. The molecule has 0 unspecified atom stereocenters. The van der Waals surface area contributed by atoms with Crippen LogP contribution in [0.3, 0.4) is 0 Å². The average Bonchev–Trinajstić information content (AvgIpc) is 2.56.